The van der Waals surface area contributed by atoms with Crippen LogP contribution in [-0.2, 0) is 33.8 Å². The zero-order valence-corrected chi connectivity index (χ0v) is 34.6. The highest BCUT2D eigenvalue weighted by atomic mass is 28.4. The molecule has 12 heteroatoms. The van der Waals surface area contributed by atoms with Crippen LogP contribution in [0.15, 0.2) is 91.0 Å². The number of amides is 1. The van der Waals surface area contributed by atoms with Gasteiger partial charge in [0.15, 0.2) is 14.4 Å². The number of esters is 1. The van der Waals surface area contributed by atoms with Crippen LogP contribution in [0.4, 0.5) is 8.78 Å². The molecule has 9 nitrogen and oxygen atoms in total. The van der Waals surface area contributed by atoms with E-state index in [1.165, 1.54) is 13.1 Å². The molecule has 56 heavy (non-hydrogen) atoms. The molecule has 0 aliphatic carbocycles. The molecule has 1 unspecified atom stereocenters. The molecular weight excluding hydrogens is 737 g/mol. The third-order valence-electron chi connectivity index (χ3n) is 10.9. The molecule has 1 N–H and O–H groups in total. The van der Waals surface area contributed by atoms with Crippen LogP contribution in [0.2, 0.25) is 18.1 Å². The first-order valence-corrected chi connectivity index (χ1v) is 21.6. The van der Waals surface area contributed by atoms with E-state index in [1.807, 2.05) is 92.0 Å². The van der Waals surface area contributed by atoms with Crippen molar-refractivity contribution in [3.63, 3.8) is 0 Å². The van der Waals surface area contributed by atoms with Gasteiger partial charge in [-0.2, -0.15) is 0 Å². The Morgan fingerprint density at radius 2 is 1.34 bits per heavy atom. The van der Waals surface area contributed by atoms with E-state index >= 15 is 4.39 Å². The molecule has 0 saturated carbocycles. The molecule has 4 atom stereocenters. The Morgan fingerprint density at radius 1 is 0.786 bits per heavy atom. The Bertz CT molecular complexity index is 1900. The third kappa shape index (κ3) is 9.15. The summed E-state index contributed by atoms with van der Waals surface area (Å²) in [6, 6.07) is 27.0. The van der Waals surface area contributed by atoms with Gasteiger partial charge in [0.1, 0.15) is 47.0 Å². The van der Waals surface area contributed by atoms with Crippen LogP contribution in [0.3, 0.4) is 0 Å². The van der Waals surface area contributed by atoms with Crippen molar-refractivity contribution in [2.75, 3.05) is 27.9 Å². The molecule has 0 spiro atoms. The summed E-state index contributed by atoms with van der Waals surface area (Å²) in [7, 11) is 1.99. The normalized spacial score (nSPS) is 18.7. The summed E-state index contributed by atoms with van der Waals surface area (Å²) in [6.07, 6.45) is -4.56. The summed E-state index contributed by atoms with van der Waals surface area (Å²) in [5.74, 6) is -1.20. The largest absolute Gasteiger partial charge is 0.497 e. The molecular formula is C44H53F2NO8Si. The third-order valence-corrected chi connectivity index (χ3v) is 15.3. The van der Waals surface area contributed by atoms with Gasteiger partial charge in [-0.1, -0.05) is 75.4 Å². The maximum atomic E-state index is 15.9. The summed E-state index contributed by atoms with van der Waals surface area (Å²) < 4.78 is 68.7. The van der Waals surface area contributed by atoms with Crippen molar-refractivity contribution in [3.05, 3.63) is 130 Å². The maximum Gasteiger partial charge on any atom is 0.306 e. The minimum Gasteiger partial charge on any atom is -0.497 e. The average Bonchev–Trinajstić information content (AvgIpc) is 3.50. The predicted molar refractivity (Wildman–Crippen MR) is 212 cm³/mol. The topological polar surface area (TPSA) is 102 Å². The van der Waals surface area contributed by atoms with Crippen molar-refractivity contribution < 1.29 is 46.5 Å². The lowest BCUT2D eigenvalue weighted by Crippen LogP contribution is -2.50. The summed E-state index contributed by atoms with van der Waals surface area (Å²) >= 11 is 0. The molecule has 1 aliphatic rings. The van der Waals surface area contributed by atoms with Crippen LogP contribution in [-0.4, -0.2) is 66.4 Å². The van der Waals surface area contributed by atoms with Crippen molar-refractivity contribution in [2.24, 2.45) is 0 Å². The zero-order chi connectivity index (χ0) is 40.8. The number of carbonyl (C=O) groups is 2. The minimum absolute atomic E-state index is 0.0705. The zero-order valence-electron chi connectivity index (χ0n) is 33.6. The molecule has 1 heterocycles. The van der Waals surface area contributed by atoms with Gasteiger partial charge in [0.2, 0.25) is 5.91 Å². The fourth-order valence-corrected chi connectivity index (χ4v) is 7.92. The van der Waals surface area contributed by atoms with Crippen molar-refractivity contribution in [1.82, 2.24) is 5.32 Å². The van der Waals surface area contributed by atoms with E-state index in [0.29, 0.717) is 11.5 Å². The number of aryl methyl sites for hydroxylation is 1. The van der Waals surface area contributed by atoms with Crippen LogP contribution in [0.25, 0.3) is 0 Å². The molecule has 1 amide bonds. The maximum absolute atomic E-state index is 15.9. The Labute approximate surface area is 329 Å². The second-order valence-corrected chi connectivity index (χ2v) is 20.3. The highest BCUT2D eigenvalue weighted by Gasteiger charge is 2.54. The smallest absolute Gasteiger partial charge is 0.306 e. The molecule has 0 aromatic heterocycles. The van der Waals surface area contributed by atoms with Crippen LogP contribution >= 0.6 is 0 Å². The first-order chi connectivity index (χ1) is 26.5. The molecule has 300 valence electrons. The first-order valence-electron chi connectivity index (χ1n) is 18.7. The minimum atomic E-state index is -2.68. The van der Waals surface area contributed by atoms with Crippen molar-refractivity contribution in [1.29, 1.82) is 0 Å². The average molecular weight is 790 g/mol. The van der Waals surface area contributed by atoms with E-state index in [2.05, 4.69) is 26.1 Å². The molecule has 5 rings (SSSR count). The van der Waals surface area contributed by atoms with Gasteiger partial charge in [-0.25, -0.2) is 8.78 Å². The number of hydrogen-bond acceptors (Lipinski definition) is 8. The second kappa shape index (κ2) is 17.7. The van der Waals surface area contributed by atoms with Crippen LogP contribution in [0.1, 0.15) is 67.5 Å². The fourth-order valence-electron chi connectivity index (χ4n) is 6.63. The Balaban J connectivity index is 1.67. The number of rotatable bonds is 15. The standard InChI is InChI=1S/C44H53F2NO8Si/c1-28-25-34(36(46)26-35(28)45)40-42(55-56(8,9)43(2,3)4)41(54-39(49)24-23-38(48)47-5)37(53-40)27-52-44(29-13-11-10-12-14-29,30-15-19-32(50-6)20-16-30)31-17-21-33(51-7)22-18-31/h10-22,25-26,37,40-42H,23-24,27H2,1-9H3,(H,47,48)/t37-,40+,41+,42?/m1/s1. The van der Waals surface area contributed by atoms with E-state index in [-0.39, 0.29) is 41.5 Å². The van der Waals surface area contributed by atoms with Crippen LogP contribution < -0.4 is 14.8 Å². The Morgan fingerprint density at radius 3 is 1.86 bits per heavy atom. The molecule has 4 aromatic rings. The van der Waals surface area contributed by atoms with Gasteiger partial charge in [-0.3, -0.25) is 9.59 Å². The highest BCUT2D eigenvalue weighted by molar-refractivity contribution is 6.74. The van der Waals surface area contributed by atoms with Crippen molar-refractivity contribution in [3.8, 4) is 11.5 Å². The van der Waals surface area contributed by atoms with E-state index in [9.17, 15) is 14.0 Å². The summed E-state index contributed by atoms with van der Waals surface area (Å²) in [5.41, 5.74) is 1.34. The number of nitrogens with one attached hydrogen (secondary N) is 1. The number of benzene rings is 4. The van der Waals surface area contributed by atoms with Gasteiger partial charge in [-0.05, 0) is 77.6 Å². The van der Waals surface area contributed by atoms with E-state index in [1.54, 1.807) is 21.1 Å². The number of carbonyl (C=O) groups excluding carboxylic acids is 2. The van der Waals surface area contributed by atoms with Gasteiger partial charge in [0.05, 0.1) is 27.2 Å². The lowest BCUT2D eigenvalue weighted by atomic mass is 9.80. The van der Waals surface area contributed by atoms with Gasteiger partial charge in [-0.15, -0.1) is 0 Å². The van der Waals surface area contributed by atoms with Crippen molar-refractivity contribution >= 4 is 20.2 Å². The van der Waals surface area contributed by atoms with Gasteiger partial charge < -0.3 is 33.4 Å². The number of hydrogen-bond donors (Lipinski definition) is 1. The van der Waals surface area contributed by atoms with Gasteiger partial charge in [0, 0.05) is 25.1 Å². The van der Waals surface area contributed by atoms with Gasteiger partial charge >= 0.3 is 5.97 Å². The molecule has 1 aliphatic heterocycles. The van der Waals surface area contributed by atoms with E-state index in [4.69, 9.17) is 28.1 Å². The lowest BCUT2D eigenvalue weighted by molar-refractivity contribution is -0.159. The molecule has 0 bridgehead atoms. The molecule has 1 saturated heterocycles. The number of ether oxygens (including phenoxy) is 5. The van der Waals surface area contributed by atoms with Crippen molar-refractivity contribution in [2.45, 2.75) is 88.7 Å². The summed E-state index contributed by atoms with van der Waals surface area (Å²) in [4.78, 5) is 25.7. The summed E-state index contributed by atoms with van der Waals surface area (Å²) in [6.45, 7) is 11.7. The Hall–Kier alpha value is -4.62. The molecule has 1 fully saturated rings. The molecule has 0 radical (unpaired) electrons. The Kier molecular flexibility index (Phi) is 13.4. The number of halogens is 2. The molecule has 4 aromatic carbocycles. The number of methoxy groups -OCH3 is 2. The SMILES string of the molecule is CNC(=O)CCC(=O)O[C@@H]1C(O[Si](C)(C)C(C)(C)C)[C@H](c2cc(C)c(F)cc2F)O[C@@H]1COC(c1ccccc1)(c1ccc(OC)cc1)c1ccc(OC)cc1. The van der Waals surface area contributed by atoms with Crippen LogP contribution in [0.5, 0.6) is 11.5 Å². The monoisotopic (exact) mass is 789 g/mol. The lowest BCUT2D eigenvalue weighted by Gasteiger charge is -2.40. The fraction of sp³-hybridized carbons (Fsp3) is 0.409. The predicted octanol–water partition coefficient (Wildman–Crippen LogP) is 8.57. The van der Waals surface area contributed by atoms with Crippen LogP contribution in [0, 0.1) is 18.6 Å². The first kappa shape index (κ1) is 42.5. The highest BCUT2D eigenvalue weighted by Crippen LogP contribution is 2.47. The van der Waals surface area contributed by atoms with Gasteiger partial charge in [0.25, 0.3) is 0 Å². The second-order valence-electron chi connectivity index (χ2n) is 15.5. The van der Waals surface area contributed by atoms with E-state index in [0.717, 1.165) is 22.8 Å². The quantitative estimate of drug-likeness (QED) is 0.0727. The summed E-state index contributed by atoms with van der Waals surface area (Å²) in [5, 5.41) is 2.22. The van der Waals surface area contributed by atoms with E-state index < -0.39 is 55.9 Å².